The molecule has 1 aromatic heterocycles. The predicted octanol–water partition coefficient (Wildman–Crippen LogP) is 1.76. The molecule has 1 saturated heterocycles. The van der Waals surface area contributed by atoms with Gasteiger partial charge in [0.25, 0.3) is 0 Å². The molecule has 0 aromatic carbocycles. The van der Waals surface area contributed by atoms with Gasteiger partial charge >= 0.3 is 0 Å². The lowest BCUT2D eigenvalue weighted by molar-refractivity contribution is 0.440. The van der Waals surface area contributed by atoms with Crippen LogP contribution in [0.4, 0.5) is 5.82 Å². The van der Waals surface area contributed by atoms with E-state index in [0.717, 1.165) is 13.1 Å². The van der Waals surface area contributed by atoms with Gasteiger partial charge in [0, 0.05) is 24.8 Å². The molecule has 0 spiro atoms. The summed E-state index contributed by atoms with van der Waals surface area (Å²) in [5.74, 6) is 1.19. The summed E-state index contributed by atoms with van der Waals surface area (Å²) < 4.78 is 0. The number of pyridine rings is 1. The minimum Gasteiger partial charge on any atom is -0.356 e. The molecular formula is C14H21N3. The van der Waals surface area contributed by atoms with Crippen LogP contribution in [-0.2, 0) is 12.8 Å². The summed E-state index contributed by atoms with van der Waals surface area (Å²) in [7, 11) is 2.06. The molecule has 1 aromatic rings. The van der Waals surface area contributed by atoms with E-state index < -0.39 is 0 Å². The molecule has 1 N–H and O–H groups in total. The van der Waals surface area contributed by atoms with Crippen LogP contribution in [0.25, 0.3) is 0 Å². The van der Waals surface area contributed by atoms with Gasteiger partial charge in [-0.3, -0.25) is 0 Å². The quantitative estimate of drug-likeness (QED) is 0.840. The first-order valence-corrected chi connectivity index (χ1v) is 6.78. The van der Waals surface area contributed by atoms with E-state index in [-0.39, 0.29) is 0 Å². The average molecular weight is 231 g/mol. The van der Waals surface area contributed by atoms with Gasteiger partial charge in [-0.15, -0.1) is 0 Å². The molecule has 0 atom stereocenters. The molecular weight excluding hydrogens is 210 g/mol. The third-order valence-corrected chi connectivity index (χ3v) is 4.14. The fourth-order valence-electron chi connectivity index (χ4n) is 2.98. The van der Waals surface area contributed by atoms with E-state index in [1.807, 2.05) is 0 Å². The number of piperidine rings is 1. The Hall–Kier alpha value is -1.09. The number of fused-ring (bicyclic) bond motifs is 1. The van der Waals surface area contributed by atoms with Crippen molar-refractivity contribution in [3.05, 3.63) is 23.4 Å². The summed E-state index contributed by atoms with van der Waals surface area (Å²) in [6, 6.07) is 5.19. The van der Waals surface area contributed by atoms with E-state index >= 15 is 0 Å². The first-order valence-electron chi connectivity index (χ1n) is 6.78. The number of rotatable bonds is 2. The Kier molecular flexibility index (Phi) is 3.02. The lowest BCUT2D eigenvalue weighted by Gasteiger charge is -2.32. The maximum Gasteiger partial charge on any atom is 0.128 e. The average Bonchev–Trinajstić information content (AvgIpc) is 2.86. The Morgan fingerprint density at radius 2 is 2.06 bits per heavy atom. The van der Waals surface area contributed by atoms with Crippen molar-refractivity contribution in [2.75, 3.05) is 25.0 Å². The van der Waals surface area contributed by atoms with Gasteiger partial charge in [0.1, 0.15) is 5.82 Å². The maximum atomic E-state index is 4.83. The van der Waals surface area contributed by atoms with Gasteiger partial charge < -0.3 is 10.2 Å². The largest absolute Gasteiger partial charge is 0.356 e. The van der Waals surface area contributed by atoms with Crippen molar-refractivity contribution in [2.45, 2.75) is 38.1 Å². The van der Waals surface area contributed by atoms with E-state index in [9.17, 15) is 0 Å². The van der Waals surface area contributed by atoms with Crippen LogP contribution in [0.2, 0.25) is 0 Å². The van der Waals surface area contributed by atoms with Gasteiger partial charge in [0.05, 0.1) is 0 Å². The molecule has 0 bridgehead atoms. The van der Waals surface area contributed by atoms with Crippen molar-refractivity contribution < 1.29 is 0 Å². The summed E-state index contributed by atoms with van der Waals surface area (Å²) in [6.07, 6.45) is 6.15. The third-order valence-electron chi connectivity index (χ3n) is 4.14. The van der Waals surface area contributed by atoms with E-state index in [1.165, 1.54) is 49.2 Å². The molecule has 1 aliphatic carbocycles. The van der Waals surface area contributed by atoms with Crippen molar-refractivity contribution in [1.29, 1.82) is 0 Å². The zero-order valence-electron chi connectivity index (χ0n) is 10.6. The number of hydrogen-bond acceptors (Lipinski definition) is 3. The van der Waals surface area contributed by atoms with Crippen LogP contribution in [0.15, 0.2) is 12.1 Å². The normalized spacial score (nSPS) is 20.6. The van der Waals surface area contributed by atoms with Crippen molar-refractivity contribution >= 4 is 5.82 Å². The molecule has 1 aliphatic heterocycles. The SMILES string of the molecule is CNC1CCN(c2ccc3c(n2)CCC3)CC1. The molecule has 0 unspecified atom stereocenters. The van der Waals surface area contributed by atoms with Gasteiger partial charge in [0.2, 0.25) is 0 Å². The van der Waals surface area contributed by atoms with Crippen LogP contribution in [0.5, 0.6) is 0 Å². The predicted molar refractivity (Wildman–Crippen MR) is 70.6 cm³/mol. The molecule has 92 valence electrons. The van der Waals surface area contributed by atoms with Gasteiger partial charge in [0.15, 0.2) is 0 Å². The highest BCUT2D eigenvalue weighted by atomic mass is 15.2. The van der Waals surface area contributed by atoms with E-state index in [4.69, 9.17) is 4.98 Å². The second-order valence-electron chi connectivity index (χ2n) is 5.18. The lowest BCUT2D eigenvalue weighted by Crippen LogP contribution is -2.41. The Balaban J connectivity index is 1.72. The van der Waals surface area contributed by atoms with Crippen molar-refractivity contribution in [1.82, 2.24) is 10.3 Å². The van der Waals surface area contributed by atoms with Gasteiger partial charge in [-0.1, -0.05) is 6.07 Å². The second kappa shape index (κ2) is 4.65. The molecule has 0 saturated carbocycles. The molecule has 0 amide bonds. The molecule has 2 heterocycles. The molecule has 17 heavy (non-hydrogen) atoms. The highest BCUT2D eigenvalue weighted by molar-refractivity contribution is 5.43. The highest BCUT2D eigenvalue weighted by Crippen LogP contribution is 2.24. The van der Waals surface area contributed by atoms with Crippen LogP contribution in [0.1, 0.15) is 30.5 Å². The van der Waals surface area contributed by atoms with Crippen molar-refractivity contribution in [3.8, 4) is 0 Å². The van der Waals surface area contributed by atoms with E-state index in [1.54, 1.807) is 0 Å². The Labute approximate surface area is 103 Å². The number of aromatic nitrogens is 1. The maximum absolute atomic E-state index is 4.83. The van der Waals surface area contributed by atoms with Gasteiger partial charge in [-0.2, -0.15) is 0 Å². The first-order chi connectivity index (χ1) is 8.36. The summed E-state index contributed by atoms with van der Waals surface area (Å²) >= 11 is 0. The highest BCUT2D eigenvalue weighted by Gasteiger charge is 2.20. The fourth-order valence-corrected chi connectivity index (χ4v) is 2.98. The molecule has 3 heteroatoms. The zero-order chi connectivity index (χ0) is 11.7. The molecule has 2 aliphatic rings. The van der Waals surface area contributed by atoms with Gasteiger partial charge in [-0.25, -0.2) is 4.98 Å². The lowest BCUT2D eigenvalue weighted by atomic mass is 10.1. The number of nitrogens with zero attached hydrogens (tertiary/aromatic N) is 2. The minimum atomic E-state index is 0.695. The van der Waals surface area contributed by atoms with Crippen LogP contribution in [0, 0.1) is 0 Å². The van der Waals surface area contributed by atoms with Crippen molar-refractivity contribution in [3.63, 3.8) is 0 Å². The van der Waals surface area contributed by atoms with Crippen LogP contribution >= 0.6 is 0 Å². The topological polar surface area (TPSA) is 28.2 Å². The van der Waals surface area contributed by atoms with E-state index in [0.29, 0.717) is 6.04 Å². The summed E-state index contributed by atoms with van der Waals surface area (Å²) in [5.41, 5.74) is 2.82. The zero-order valence-corrected chi connectivity index (χ0v) is 10.6. The number of anilines is 1. The monoisotopic (exact) mass is 231 g/mol. The first kappa shape index (κ1) is 11.0. The fraction of sp³-hybridized carbons (Fsp3) is 0.643. The standard InChI is InChI=1S/C14H21N3/c1-15-12-7-9-17(10-8-12)14-6-5-11-3-2-4-13(11)16-14/h5-6,12,15H,2-4,7-10H2,1H3. The van der Waals surface area contributed by atoms with Crippen molar-refractivity contribution in [2.24, 2.45) is 0 Å². The van der Waals surface area contributed by atoms with E-state index in [2.05, 4.69) is 29.4 Å². The van der Waals surface area contributed by atoms with Gasteiger partial charge in [-0.05, 0) is 50.8 Å². The molecule has 1 fully saturated rings. The van der Waals surface area contributed by atoms with Crippen LogP contribution < -0.4 is 10.2 Å². The summed E-state index contributed by atoms with van der Waals surface area (Å²) in [4.78, 5) is 7.27. The number of aryl methyl sites for hydroxylation is 2. The Morgan fingerprint density at radius 1 is 1.24 bits per heavy atom. The summed E-state index contributed by atoms with van der Waals surface area (Å²) in [6.45, 7) is 2.27. The number of nitrogens with one attached hydrogen (secondary N) is 1. The van der Waals surface area contributed by atoms with Crippen LogP contribution in [0.3, 0.4) is 0 Å². The Bertz CT molecular complexity index is 394. The van der Waals surface area contributed by atoms with Crippen LogP contribution in [-0.4, -0.2) is 31.2 Å². The summed E-state index contributed by atoms with van der Waals surface area (Å²) in [5, 5.41) is 3.37. The second-order valence-corrected chi connectivity index (χ2v) is 5.18. The smallest absolute Gasteiger partial charge is 0.128 e. The molecule has 0 radical (unpaired) electrons. The molecule has 3 nitrogen and oxygen atoms in total. The molecule has 3 rings (SSSR count). The third kappa shape index (κ3) is 2.16. The minimum absolute atomic E-state index is 0.695. The number of hydrogen-bond donors (Lipinski definition) is 1. The Morgan fingerprint density at radius 3 is 2.82 bits per heavy atom.